The van der Waals surface area contributed by atoms with Crippen molar-refractivity contribution in [3.8, 4) is 0 Å². The maximum absolute atomic E-state index is 14.1. The van der Waals surface area contributed by atoms with Crippen LogP contribution in [-0.2, 0) is 19.0 Å². The number of hydrogen-bond acceptors (Lipinski definition) is 4. The first kappa shape index (κ1) is 25.6. The Bertz CT molecular complexity index is 658. The molecule has 3 saturated carbocycles. The molecular formula is C22H32F6O4. The molecular weight excluding hydrogens is 442 g/mol. The van der Waals surface area contributed by atoms with E-state index in [0.717, 1.165) is 26.2 Å². The van der Waals surface area contributed by atoms with Gasteiger partial charge in [-0.1, -0.05) is 19.3 Å². The van der Waals surface area contributed by atoms with Gasteiger partial charge < -0.3 is 14.2 Å². The summed E-state index contributed by atoms with van der Waals surface area (Å²) in [5, 5.41) is 0. The predicted octanol–water partition coefficient (Wildman–Crippen LogP) is 6.32. The van der Waals surface area contributed by atoms with Crippen LogP contribution in [0.15, 0.2) is 0 Å². The first-order chi connectivity index (χ1) is 14.7. The van der Waals surface area contributed by atoms with E-state index >= 15 is 0 Å². The maximum Gasteiger partial charge on any atom is 0.426 e. The van der Waals surface area contributed by atoms with E-state index in [1.54, 1.807) is 6.92 Å². The molecule has 4 nitrogen and oxygen atoms in total. The number of fused-ring (bicyclic) bond motifs is 2. The molecule has 3 rings (SSSR count). The molecule has 0 aromatic carbocycles. The average molecular weight is 474 g/mol. The predicted molar refractivity (Wildman–Crippen MR) is 102 cm³/mol. The van der Waals surface area contributed by atoms with E-state index < -0.39 is 60.2 Å². The fourth-order valence-corrected chi connectivity index (χ4v) is 6.08. The van der Waals surface area contributed by atoms with Gasteiger partial charge in [0.1, 0.15) is 5.60 Å². The summed E-state index contributed by atoms with van der Waals surface area (Å²) in [6, 6.07) is 0. The first-order valence-electron chi connectivity index (χ1n) is 11.3. The highest BCUT2D eigenvalue weighted by atomic mass is 19.4. The van der Waals surface area contributed by atoms with Crippen LogP contribution in [0.3, 0.4) is 0 Å². The fourth-order valence-electron chi connectivity index (χ4n) is 6.08. The van der Waals surface area contributed by atoms with Crippen molar-refractivity contribution >= 4 is 5.97 Å². The van der Waals surface area contributed by atoms with Gasteiger partial charge in [0.25, 0.3) is 5.60 Å². The van der Waals surface area contributed by atoms with Crippen LogP contribution in [0.25, 0.3) is 0 Å². The van der Waals surface area contributed by atoms with Crippen molar-refractivity contribution in [3.05, 3.63) is 0 Å². The van der Waals surface area contributed by atoms with Gasteiger partial charge in [0.05, 0.1) is 6.10 Å². The molecule has 0 radical (unpaired) electrons. The first-order valence-corrected chi connectivity index (χ1v) is 11.3. The van der Waals surface area contributed by atoms with Gasteiger partial charge >= 0.3 is 18.3 Å². The molecule has 0 saturated heterocycles. The zero-order valence-electron chi connectivity index (χ0n) is 18.7. The number of hydrogen-bond donors (Lipinski definition) is 0. The molecule has 0 aliphatic heterocycles. The summed E-state index contributed by atoms with van der Waals surface area (Å²) in [4.78, 5) is 11.4. The second-order valence-corrected chi connectivity index (χ2v) is 9.91. The average Bonchev–Trinajstić information content (AvgIpc) is 3.15. The van der Waals surface area contributed by atoms with Crippen LogP contribution in [0.1, 0.15) is 78.6 Å². The van der Waals surface area contributed by atoms with E-state index in [4.69, 9.17) is 14.2 Å². The van der Waals surface area contributed by atoms with Crippen LogP contribution in [0.5, 0.6) is 0 Å². The minimum Gasteiger partial charge on any atom is -0.459 e. The molecule has 3 aliphatic rings. The highest BCUT2D eigenvalue weighted by molar-refractivity contribution is 5.66. The van der Waals surface area contributed by atoms with Crippen LogP contribution in [0, 0.1) is 17.8 Å². The smallest absolute Gasteiger partial charge is 0.426 e. The number of carbonyl (C=O) groups excluding carboxylic acids is 1. The number of esters is 1. The lowest BCUT2D eigenvalue weighted by Crippen LogP contribution is -2.61. The molecule has 0 amide bonds. The molecule has 0 N–H and O–H groups in total. The largest absolute Gasteiger partial charge is 0.459 e. The Morgan fingerprint density at radius 1 is 1.03 bits per heavy atom. The summed E-state index contributed by atoms with van der Waals surface area (Å²) in [5.41, 5.74) is -5.15. The molecule has 0 aromatic heterocycles. The molecule has 3 fully saturated rings. The van der Waals surface area contributed by atoms with Crippen LogP contribution >= 0.6 is 0 Å². The van der Waals surface area contributed by atoms with Crippen molar-refractivity contribution in [2.24, 2.45) is 17.8 Å². The summed E-state index contributed by atoms with van der Waals surface area (Å²) >= 11 is 0. The van der Waals surface area contributed by atoms with Crippen molar-refractivity contribution < 1.29 is 45.3 Å². The molecule has 10 heteroatoms. The van der Waals surface area contributed by atoms with E-state index in [-0.39, 0.29) is 18.8 Å². The lowest BCUT2D eigenvalue weighted by atomic mass is 9.74. The van der Waals surface area contributed by atoms with Gasteiger partial charge in [0.2, 0.25) is 0 Å². The highest BCUT2D eigenvalue weighted by Gasteiger charge is 2.74. The summed E-state index contributed by atoms with van der Waals surface area (Å²) < 4.78 is 100.0. The quantitative estimate of drug-likeness (QED) is 0.246. The van der Waals surface area contributed by atoms with Crippen molar-refractivity contribution in [1.82, 2.24) is 0 Å². The Morgan fingerprint density at radius 2 is 1.62 bits per heavy atom. The van der Waals surface area contributed by atoms with Crippen molar-refractivity contribution in [1.29, 1.82) is 0 Å². The van der Waals surface area contributed by atoms with Gasteiger partial charge in [-0.2, -0.15) is 26.3 Å². The third-order valence-corrected chi connectivity index (χ3v) is 7.52. The Labute approximate surface area is 184 Å². The van der Waals surface area contributed by atoms with Crippen LogP contribution < -0.4 is 0 Å². The molecule has 32 heavy (non-hydrogen) atoms. The maximum atomic E-state index is 14.1. The second kappa shape index (κ2) is 8.96. The van der Waals surface area contributed by atoms with E-state index in [2.05, 4.69) is 0 Å². The normalized spacial score (nSPS) is 32.8. The van der Waals surface area contributed by atoms with Gasteiger partial charge in [0.15, 0.2) is 6.29 Å². The molecule has 5 atom stereocenters. The topological polar surface area (TPSA) is 44.8 Å². The Balaban J connectivity index is 1.78. The van der Waals surface area contributed by atoms with E-state index in [1.807, 2.05) is 0 Å². The van der Waals surface area contributed by atoms with Gasteiger partial charge in [0, 0.05) is 6.92 Å². The molecule has 0 spiro atoms. The summed E-state index contributed by atoms with van der Waals surface area (Å²) in [5.74, 6) is -2.01. The van der Waals surface area contributed by atoms with E-state index in [0.29, 0.717) is 19.3 Å². The third-order valence-electron chi connectivity index (χ3n) is 7.52. The molecule has 2 bridgehead atoms. The summed E-state index contributed by atoms with van der Waals surface area (Å²) in [6.45, 7) is 4.06. The molecule has 0 heterocycles. The van der Waals surface area contributed by atoms with E-state index in [9.17, 15) is 31.1 Å². The number of carbonyl (C=O) groups is 1. The van der Waals surface area contributed by atoms with Gasteiger partial charge in [-0.05, 0) is 70.1 Å². The van der Waals surface area contributed by atoms with Crippen molar-refractivity contribution in [2.45, 2.75) is 115 Å². The summed E-state index contributed by atoms with van der Waals surface area (Å²) in [7, 11) is 0. The van der Waals surface area contributed by atoms with E-state index in [1.165, 1.54) is 6.92 Å². The number of alkyl halides is 6. The molecule has 186 valence electrons. The molecule has 0 aromatic rings. The lowest BCUT2D eigenvalue weighted by molar-refractivity contribution is -0.414. The third kappa shape index (κ3) is 5.05. The van der Waals surface area contributed by atoms with Crippen LogP contribution in [0.2, 0.25) is 0 Å². The SMILES string of the molecule is CC(=O)OC1(C)CC2CC1CC2CC(OC(C)OC1CCCCC1)(C(F)(F)F)C(F)(F)F. The monoisotopic (exact) mass is 474 g/mol. The zero-order valence-corrected chi connectivity index (χ0v) is 18.7. The van der Waals surface area contributed by atoms with Crippen LogP contribution in [-0.4, -0.2) is 41.9 Å². The van der Waals surface area contributed by atoms with Gasteiger partial charge in [-0.25, -0.2) is 0 Å². The van der Waals surface area contributed by atoms with Crippen LogP contribution in [0.4, 0.5) is 26.3 Å². The van der Waals surface area contributed by atoms with Gasteiger partial charge in [-0.15, -0.1) is 0 Å². The molecule has 5 unspecified atom stereocenters. The van der Waals surface area contributed by atoms with Gasteiger partial charge in [-0.3, -0.25) is 4.79 Å². The van der Waals surface area contributed by atoms with Crippen molar-refractivity contribution in [2.75, 3.05) is 0 Å². The molecule has 3 aliphatic carbocycles. The lowest BCUT2D eigenvalue weighted by Gasteiger charge is -2.43. The number of ether oxygens (including phenoxy) is 3. The minimum atomic E-state index is -5.66. The highest BCUT2D eigenvalue weighted by Crippen LogP contribution is 2.60. The zero-order chi connectivity index (χ0) is 23.9. The number of halogens is 6. The summed E-state index contributed by atoms with van der Waals surface area (Å²) in [6.07, 6.45) is -9.93. The van der Waals surface area contributed by atoms with Crippen molar-refractivity contribution in [3.63, 3.8) is 0 Å². The number of rotatable bonds is 7. The second-order valence-electron chi connectivity index (χ2n) is 9.91. The minimum absolute atomic E-state index is 0.129. The Morgan fingerprint density at radius 3 is 2.09 bits per heavy atom. The fraction of sp³-hybridized carbons (Fsp3) is 0.955. The Hall–Kier alpha value is -1.03. The standard InChI is InChI=1S/C22H32F6O4/c1-13(29)31-19(3)11-15-9-17(19)10-16(15)12-20(21(23,24)25,22(26,27)28)32-14(2)30-18-7-5-4-6-8-18/h14-18H,4-12H2,1-3H3. The Kier molecular flexibility index (Phi) is 7.17.